The van der Waals surface area contributed by atoms with Gasteiger partial charge in [-0.05, 0) is 47.0 Å². The third-order valence-electron chi connectivity index (χ3n) is 5.97. The Hall–Kier alpha value is -4.71. The van der Waals surface area contributed by atoms with Crippen LogP contribution < -0.4 is 5.32 Å². The van der Waals surface area contributed by atoms with E-state index in [0.29, 0.717) is 11.3 Å². The van der Waals surface area contributed by atoms with Crippen LogP contribution in [0.2, 0.25) is 0 Å². The number of amides is 1. The monoisotopic (exact) mass is 461 g/mol. The summed E-state index contributed by atoms with van der Waals surface area (Å²) < 4.78 is 1.85. The lowest BCUT2D eigenvalue weighted by Gasteiger charge is -2.18. The summed E-state index contributed by atoms with van der Waals surface area (Å²) >= 11 is 0. The molecule has 0 radical (unpaired) electrons. The minimum absolute atomic E-state index is 0.0835. The van der Waals surface area contributed by atoms with E-state index < -0.39 is 12.0 Å². The number of carbonyl (C=O) groups excluding carboxylic acids is 1. The number of carbonyl (C=O) groups is 2. The van der Waals surface area contributed by atoms with Crippen LogP contribution >= 0.6 is 0 Å². The number of aromatic nitrogens is 2. The van der Waals surface area contributed by atoms with Crippen molar-refractivity contribution in [2.75, 3.05) is 5.32 Å². The molecule has 0 saturated carbocycles. The molecule has 1 heterocycles. The SMILES string of the molecule is O=C(O)CC(c1ccccc1)n1cnc2ccc(NC(=O)c3ccc(-c4ccccc4)cc3)cc21. The lowest BCUT2D eigenvalue weighted by Crippen LogP contribution is -2.15. The number of aliphatic carboxylic acids is 1. The van der Waals surface area contributed by atoms with E-state index in [1.165, 1.54) is 0 Å². The van der Waals surface area contributed by atoms with Crippen LogP contribution in [0.3, 0.4) is 0 Å². The van der Waals surface area contributed by atoms with Crippen LogP contribution in [0, 0.1) is 0 Å². The summed E-state index contributed by atoms with van der Waals surface area (Å²) in [6.45, 7) is 0. The summed E-state index contributed by atoms with van der Waals surface area (Å²) in [6.07, 6.45) is 1.57. The molecule has 6 heteroatoms. The molecule has 4 aromatic carbocycles. The molecular formula is C29H23N3O3. The molecule has 5 aromatic rings. The smallest absolute Gasteiger partial charge is 0.305 e. The molecule has 6 nitrogen and oxygen atoms in total. The highest BCUT2D eigenvalue weighted by Crippen LogP contribution is 2.28. The molecule has 0 aliphatic heterocycles. The van der Waals surface area contributed by atoms with Crippen molar-refractivity contribution < 1.29 is 14.7 Å². The van der Waals surface area contributed by atoms with Crippen molar-refractivity contribution in [2.24, 2.45) is 0 Å². The lowest BCUT2D eigenvalue weighted by molar-refractivity contribution is -0.137. The van der Waals surface area contributed by atoms with Crippen LogP contribution in [-0.4, -0.2) is 26.5 Å². The number of carboxylic acids is 1. The van der Waals surface area contributed by atoms with E-state index in [1.54, 1.807) is 24.5 Å². The van der Waals surface area contributed by atoms with E-state index in [9.17, 15) is 14.7 Å². The van der Waals surface area contributed by atoms with Crippen LogP contribution in [0.4, 0.5) is 5.69 Å². The summed E-state index contributed by atoms with van der Waals surface area (Å²) in [5.74, 6) is -1.12. The molecule has 35 heavy (non-hydrogen) atoms. The quantitative estimate of drug-likeness (QED) is 0.310. The predicted octanol–water partition coefficient (Wildman–Crippen LogP) is 6.02. The molecular weight excluding hydrogens is 438 g/mol. The van der Waals surface area contributed by atoms with Gasteiger partial charge in [0, 0.05) is 11.3 Å². The molecule has 0 aliphatic carbocycles. The van der Waals surface area contributed by atoms with Crippen molar-refractivity contribution in [1.29, 1.82) is 0 Å². The molecule has 0 aliphatic rings. The molecule has 172 valence electrons. The van der Waals surface area contributed by atoms with Gasteiger partial charge < -0.3 is 15.0 Å². The highest BCUT2D eigenvalue weighted by atomic mass is 16.4. The van der Waals surface area contributed by atoms with Gasteiger partial charge >= 0.3 is 5.97 Å². The van der Waals surface area contributed by atoms with E-state index in [-0.39, 0.29) is 12.3 Å². The van der Waals surface area contributed by atoms with Crippen molar-refractivity contribution >= 4 is 28.6 Å². The molecule has 1 amide bonds. The fraction of sp³-hybridized carbons (Fsp3) is 0.0690. The Balaban J connectivity index is 1.41. The Bertz CT molecular complexity index is 1480. The second kappa shape index (κ2) is 9.65. The normalized spacial score (nSPS) is 11.8. The number of hydrogen-bond donors (Lipinski definition) is 2. The summed E-state index contributed by atoms with van der Waals surface area (Å²) in [6, 6.07) is 32.0. The highest BCUT2D eigenvalue weighted by molar-refractivity contribution is 6.05. The standard InChI is InChI=1S/C29H23N3O3/c33-28(34)18-26(22-9-5-2-6-10-22)32-19-30-25-16-15-24(17-27(25)32)31-29(35)23-13-11-21(12-14-23)20-7-3-1-4-8-20/h1-17,19,26H,18H2,(H,31,35)(H,33,34). The van der Waals surface area contributed by atoms with Crippen molar-refractivity contribution in [3.63, 3.8) is 0 Å². The Labute approximate surface area is 202 Å². The van der Waals surface area contributed by atoms with Crippen molar-refractivity contribution in [1.82, 2.24) is 9.55 Å². The van der Waals surface area contributed by atoms with Gasteiger partial charge in [0.25, 0.3) is 5.91 Å². The number of imidazole rings is 1. The van der Waals surface area contributed by atoms with Gasteiger partial charge in [-0.2, -0.15) is 0 Å². The number of hydrogen-bond acceptors (Lipinski definition) is 3. The third-order valence-corrected chi connectivity index (χ3v) is 5.97. The van der Waals surface area contributed by atoms with Crippen molar-refractivity contribution in [3.8, 4) is 11.1 Å². The van der Waals surface area contributed by atoms with Crippen LogP contribution in [0.5, 0.6) is 0 Å². The summed E-state index contributed by atoms with van der Waals surface area (Å²) in [4.78, 5) is 29.0. The molecule has 5 rings (SSSR count). The number of rotatable bonds is 7. The summed E-state index contributed by atoms with van der Waals surface area (Å²) in [7, 11) is 0. The number of fused-ring (bicyclic) bond motifs is 1. The second-order valence-corrected chi connectivity index (χ2v) is 8.28. The van der Waals surface area contributed by atoms with Gasteiger partial charge in [-0.15, -0.1) is 0 Å². The van der Waals surface area contributed by atoms with Gasteiger partial charge in [-0.3, -0.25) is 9.59 Å². The van der Waals surface area contributed by atoms with Crippen molar-refractivity contribution in [2.45, 2.75) is 12.5 Å². The lowest BCUT2D eigenvalue weighted by atomic mass is 10.0. The number of carboxylic acid groups (broad SMARTS) is 1. The minimum Gasteiger partial charge on any atom is -0.481 e. The Morgan fingerprint density at radius 1 is 0.829 bits per heavy atom. The molecule has 0 bridgehead atoms. The first-order valence-corrected chi connectivity index (χ1v) is 11.3. The van der Waals surface area contributed by atoms with Crippen molar-refractivity contribution in [3.05, 3.63) is 121 Å². The Kier molecular flexibility index (Phi) is 6.09. The van der Waals surface area contributed by atoms with E-state index in [4.69, 9.17) is 0 Å². The highest BCUT2D eigenvalue weighted by Gasteiger charge is 2.20. The van der Waals surface area contributed by atoms with Gasteiger partial charge in [0.05, 0.1) is 29.8 Å². The van der Waals surface area contributed by atoms with E-state index in [0.717, 1.165) is 27.7 Å². The van der Waals surface area contributed by atoms with E-state index in [2.05, 4.69) is 10.3 Å². The minimum atomic E-state index is -0.899. The fourth-order valence-corrected chi connectivity index (χ4v) is 4.22. The largest absolute Gasteiger partial charge is 0.481 e. The first-order valence-electron chi connectivity index (χ1n) is 11.3. The van der Waals surface area contributed by atoms with Gasteiger partial charge in [0.2, 0.25) is 0 Å². The van der Waals surface area contributed by atoms with Gasteiger partial charge in [0.15, 0.2) is 0 Å². The zero-order chi connectivity index (χ0) is 24.2. The molecule has 0 fully saturated rings. The maximum atomic E-state index is 12.9. The van der Waals surface area contributed by atoms with E-state index >= 15 is 0 Å². The Morgan fingerprint density at radius 2 is 1.49 bits per heavy atom. The topological polar surface area (TPSA) is 84.2 Å². The molecule has 1 aromatic heterocycles. The first-order chi connectivity index (χ1) is 17.1. The molecule has 0 saturated heterocycles. The van der Waals surface area contributed by atoms with Crippen LogP contribution in [0.1, 0.15) is 28.4 Å². The zero-order valence-electron chi connectivity index (χ0n) is 18.8. The molecule has 1 atom stereocenters. The second-order valence-electron chi connectivity index (χ2n) is 8.28. The number of nitrogens with zero attached hydrogens (tertiary/aromatic N) is 2. The van der Waals surface area contributed by atoms with Crippen LogP contribution in [-0.2, 0) is 4.79 Å². The third kappa shape index (κ3) is 4.82. The number of nitrogens with one attached hydrogen (secondary N) is 1. The first kappa shape index (κ1) is 22.1. The maximum absolute atomic E-state index is 12.9. The van der Waals surface area contributed by atoms with Crippen LogP contribution in [0.25, 0.3) is 22.2 Å². The molecule has 1 unspecified atom stereocenters. The molecule has 2 N–H and O–H groups in total. The fourth-order valence-electron chi connectivity index (χ4n) is 4.22. The predicted molar refractivity (Wildman–Crippen MR) is 136 cm³/mol. The summed E-state index contributed by atoms with van der Waals surface area (Å²) in [5, 5.41) is 12.5. The van der Waals surface area contributed by atoms with Gasteiger partial charge in [-0.25, -0.2) is 4.98 Å². The average molecular weight is 462 g/mol. The Morgan fingerprint density at radius 3 is 2.17 bits per heavy atom. The zero-order valence-corrected chi connectivity index (χ0v) is 18.8. The van der Waals surface area contributed by atoms with Gasteiger partial charge in [-0.1, -0.05) is 72.8 Å². The molecule has 0 spiro atoms. The maximum Gasteiger partial charge on any atom is 0.305 e. The number of anilines is 1. The van der Waals surface area contributed by atoms with Crippen LogP contribution in [0.15, 0.2) is 109 Å². The number of benzene rings is 4. The average Bonchev–Trinajstić information content (AvgIpc) is 3.31. The van der Waals surface area contributed by atoms with E-state index in [1.807, 2.05) is 89.5 Å². The van der Waals surface area contributed by atoms with Gasteiger partial charge in [0.1, 0.15) is 0 Å². The summed E-state index contributed by atoms with van der Waals surface area (Å²) in [5.41, 5.74) is 5.64.